The fourth-order valence-corrected chi connectivity index (χ4v) is 3.16. The van der Waals surface area contributed by atoms with Gasteiger partial charge < -0.3 is 24.4 Å². The SMILES string of the molecule is COc1cc(C)ccc1NC(=O)N1CCN(C[C@@H]2COCCO2)CC1. The van der Waals surface area contributed by atoms with E-state index in [0.717, 1.165) is 25.2 Å². The van der Waals surface area contributed by atoms with Crippen LogP contribution in [0.25, 0.3) is 0 Å². The molecule has 2 aliphatic heterocycles. The summed E-state index contributed by atoms with van der Waals surface area (Å²) in [6.45, 7) is 7.97. The van der Waals surface area contributed by atoms with Gasteiger partial charge in [-0.25, -0.2) is 4.79 Å². The third-order valence-electron chi connectivity index (χ3n) is 4.60. The summed E-state index contributed by atoms with van der Waals surface area (Å²) in [5, 5.41) is 2.95. The molecule has 0 radical (unpaired) electrons. The predicted octanol–water partition coefficient (Wildman–Crippen LogP) is 1.57. The van der Waals surface area contributed by atoms with Crippen molar-refractivity contribution in [3.63, 3.8) is 0 Å². The fourth-order valence-electron chi connectivity index (χ4n) is 3.16. The maximum absolute atomic E-state index is 12.5. The van der Waals surface area contributed by atoms with Crippen LogP contribution in [0.4, 0.5) is 10.5 Å². The smallest absolute Gasteiger partial charge is 0.322 e. The van der Waals surface area contributed by atoms with Crippen molar-refractivity contribution in [1.82, 2.24) is 9.80 Å². The highest BCUT2D eigenvalue weighted by molar-refractivity contribution is 5.91. The lowest BCUT2D eigenvalue weighted by Gasteiger charge is -2.37. The Hall–Kier alpha value is -1.83. The van der Waals surface area contributed by atoms with Gasteiger partial charge in [-0.05, 0) is 24.6 Å². The lowest BCUT2D eigenvalue weighted by molar-refractivity contribution is -0.0992. The molecule has 2 aliphatic rings. The van der Waals surface area contributed by atoms with Crippen molar-refractivity contribution in [2.45, 2.75) is 13.0 Å². The second-order valence-corrected chi connectivity index (χ2v) is 6.49. The van der Waals surface area contributed by atoms with E-state index in [1.54, 1.807) is 7.11 Å². The van der Waals surface area contributed by atoms with Crippen molar-refractivity contribution < 1.29 is 19.0 Å². The maximum atomic E-state index is 12.5. The average Bonchev–Trinajstić information content (AvgIpc) is 2.64. The number of aryl methyl sites for hydroxylation is 1. The standard InChI is InChI=1S/C18H27N3O4/c1-14-3-4-16(17(11-14)23-2)19-18(22)21-7-5-20(6-8-21)12-15-13-24-9-10-25-15/h3-4,11,15H,5-10,12-13H2,1-2H3,(H,19,22)/t15-/m1/s1. The Morgan fingerprint density at radius 2 is 2.08 bits per heavy atom. The number of hydrogen-bond acceptors (Lipinski definition) is 5. The summed E-state index contributed by atoms with van der Waals surface area (Å²) in [7, 11) is 1.61. The summed E-state index contributed by atoms with van der Waals surface area (Å²) in [6.07, 6.45) is 0.144. The van der Waals surface area contributed by atoms with E-state index in [1.165, 1.54) is 0 Å². The van der Waals surface area contributed by atoms with Gasteiger partial charge in [0.1, 0.15) is 5.75 Å². The van der Waals surface area contributed by atoms with E-state index in [1.807, 2.05) is 30.0 Å². The second-order valence-electron chi connectivity index (χ2n) is 6.49. The van der Waals surface area contributed by atoms with Crippen LogP contribution >= 0.6 is 0 Å². The van der Waals surface area contributed by atoms with E-state index in [0.29, 0.717) is 44.3 Å². The van der Waals surface area contributed by atoms with Crippen molar-refractivity contribution in [2.24, 2.45) is 0 Å². The molecule has 0 bridgehead atoms. The number of benzene rings is 1. The Morgan fingerprint density at radius 1 is 1.28 bits per heavy atom. The molecular formula is C18H27N3O4. The van der Waals surface area contributed by atoms with Crippen molar-refractivity contribution in [1.29, 1.82) is 0 Å². The Labute approximate surface area is 148 Å². The van der Waals surface area contributed by atoms with E-state index in [9.17, 15) is 4.79 Å². The molecule has 1 aromatic rings. The topological polar surface area (TPSA) is 63.3 Å². The van der Waals surface area contributed by atoms with E-state index in [2.05, 4.69) is 10.2 Å². The summed E-state index contributed by atoms with van der Waals surface area (Å²) in [5.74, 6) is 0.682. The zero-order valence-electron chi connectivity index (χ0n) is 15.0. The van der Waals surface area contributed by atoms with E-state index in [4.69, 9.17) is 14.2 Å². The summed E-state index contributed by atoms with van der Waals surface area (Å²) in [6, 6.07) is 5.67. The van der Waals surface area contributed by atoms with Crippen LogP contribution in [-0.2, 0) is 9.47 Å². The van der Waals surface area contributed by atoms with Gasteiger partial charge in [0.05, 0.1) is 38.7 Å². The number of piperazine rings is 1. The lowest BCUT2D eigenvalue weighted by atomic mass is 10.2. The number of carbonyl (C=O) groups is 1. The third-order valence-corrected chi connectivity index (χ3v) is 4.60. The minimum absolute atomic E-state index is 0.0842. The Kier molecular flexibility index (Phi) is 6.12. The van der Waals surface area contributed by atoms with Gasteiger partial charge in [-0.1, -0.05) is 6.07 Å². The first-order valence-corrected chi connectivity index (χ1v) is 8.78. The number of methoxy groups -OCH3 is 1. The van der Waals surface area contributed by atoms with Gasteiger partial charge in [-0.2, -0.15) is 0 Å². The van der Waals surface area contributed by atoms with Gasteiger partial charge in [0, 0.05) is 32.7 Å². The van der Waals surface area contributed by atoms with Crippen LogP contribution in [0.2, 0.25) is 0 Å². The highest BCUT2D eigenvalue weighted by Crippen LogP contribution is 2.25. The quantitative estimate of drug-likeness (QED) is 0.894. The van der Waals surface area contributed by atoms with Crippen LogP contribution in [0.15, 0.2) is 18.2 Å². The van der Waals surface area contributed by atoms with Gasteiger partial charge >= 0.3 is 6.03 Å². The van der Waals surface area contributed by atoms with E-state index >= 15 is 0 Å². The molecule has 7 nitrogen and oxygen atoms in total. The number of ether oxygens (including phenoxy) is 3. The van der Waals surface area contributed by atoms with Crippen molar-refractivity contribution in [2.75, 3.05) is 65.0 Å². The normalized spacial score (nSPS) is 21.8. The number of carbonyl (C=O) groups excluding carboxylic acids is 1. The molecule has 1 atom stereocenters. The highest BCUT2D eigenvalue weighted by Gasteiger charge is 2.25. The zero-order chi connectivity index (χ0) is 17.6. The lowest BCUT2D eigenvalue weighted by Crippen LogP contribution is -2.52. The predicted molar refractivity (Wildman–Crippen MR) is 95.3 cm³/mol. The number of amides is 2. The molecule has 1 N–H and O–H groups in total. The Bertz CT molecular complexity index is 582. The van der Waals surface area contributed by atoms with Gasteiger partial charge in [-0.3, -0.25) is 4.90 Å². The van der Waals surface area contributed by atoms with E-state index in [-0.39, 0.29) is 12.1 Å². The summed E-state index contributed by atoms with van der Waals surface area (Å²) < 4.78 is 16.5. The molecule has 2 saturated heterocycles. The molecule has 0 aliphatic carbocycles. The first kappa shape index (κ1) is 18.0. The minimum atomic E-state index is -0.0842. The summed E-state index contributed by atoms with van der Waals surface area (Å²) >= 11 is 0. The van der Waals surface area contributed by atoms with Gasteiger partial charge in [0.25, 0.3) is 0 Å². The first-order valence-electron chi connectivity index (χ1n) is 8.78. The highest BCUT2D eigenvalue weighted by atomic mass is 16.6. The van der Waals surface area contributed by atoms with Crippen LogP contribution in [0, 0.1) is 6.92 Å². The molecule has 0 spiro atoms. The molecule has 25 heavy (non-hydrogen) atoms. The molecular weight excluding hydrogens is 322 g/mol. The number of nitrogens with zero attached hydrogens (tertiary/aromatic N) is 2. The van der Waals surface area contributed by atoms with Crippen molar-refractivity contribution in [3.8, 4) is 5.75 Å². The maximum Gasteiger partial charge on any atom is 0.322 e. The number of rotatable bonds is 4. The van der Waals surface area contributed by atoms with Gasteiger partial charge in [-0.15, -0.1) is 0 Å². The molecule has 1 aromatic carbocycles. The average molecular weight is 349 g/mol. The molecule has 2 fully saturated rings. The number of urea groups is 1. The minimum Gasteiger partial charge on any atom is -0.495 e. The molecule has 0 saturated carbocycles. The second kappa shape index (κ2) is 8.51. The molecule has 2 heterocycles. The van der Waals surface area contributed by atoms with Crippen LogP contribution < -0.4 is 10.1 Å². The van der Waals surface area contributed by atoms with Crippen LogP contribution in [-0.4, -0.2) is 81.6 Å². The molecule has 0 aromatic heterocycles. The molecule has 2 amide bonds. The molecule has 0 unspecified atom stereocenters. The largest absolute Gasteiger partial charge is 0.495 e. The number of nitrogens with one attached hydrogen (secondary N) is 1. The van der Waals surface area contributed by atoms with Crippen molar-refractivity contribution in [3.05, 3.63) is 23.8 Å². The monoisotopic (exact) mass is 349 g/mol. The number of hydrogen-bond donors (Lipinski definition) is 1. The van der Waals surface area contributed by atoms with Gasteiger partial charge in [0.2, 0.25) is 0 Å². The van der Waals surface area contributed by atoms with Crippen molar-refractivity contribution >= 4 is 11.7 Å². The van der Waals surface area contributed by atoms with E-state index < -0.39 is 0 Å². The fraction of sp³-hybridized carbons (Fsp3) is 0.611. The Balaban J connectivity index is 1.48. The number of anilines is 1. The van der Waals surface area contributed by atoms with Gasteiger partial charge in [0.15, 0.2) is 0 Å². The van der Waals surface area contributed by atoms with Crippen LogP contribution in [0.3, 0.4) is 0 Å². The first-order chi connectivity index (χ1) is 12.2. The summed E-state index contributed by atoms with van der Waals surface area (Å²) in [5.41, 5.74) is 1.80. The molecule has 3 rings (SSSR count). The molecule has 7 heteroatoms. The summed E-state index contributed by atoms with van der Waals surface area (Å²) in [4.78, 5) is 16.7. The van der Waals surface area contributed by atoms with Crippen LogP contribution in [0.1, 0.15) is 5.56 Å². The zero-order valence-corrected chi connectivity index (χ0v) is 15.0. The van der Waals surface area contributed by atoms with Crippen LogP contribution in [0.5, 0.6) is 5.75 Å². The molecule has 138 valence electrons. The Morgan fingerprint density at radius 3 is 2.76 bits per heavy atom. The third kappa shape index (κ3) is 4.84.